The second-order valence-corrected chi connectivity index (χ2v) is 12.5. The van der Waals surface area contributed by atoms with Crippen LogP contribution in [-0.2, 0) is 12.6 Å². The van der Waals surface area contributed by atoms with Crippen molar-refractivity contribution >= 4 is 11.0 Å². The van der Waals surface area contributed by atoms with Gasteiger partial charge in [0.15, 0.2) is 5.76 Å². The van der Waals surface area contributed by atoms with Crippen LogP contribution < -0.4 is 10.3 Å². The number of aryl methyl sites for hydroxylation is 4. The maximum atomic E-state index is 14.1. The highest BCUT2D eigenvalue weighted by Crippen LogP contribution is 2.42. The summed E-state index contributed by atoms with van der Waals surface area (Å²) in [7, 11) is 1.70. The molecule has 0 amide bonds. The SMILES string of the molecule is Cc1cc(F)cc(C)c1Oc1ccc(C(C)(C)O)cc1-c1cn(C)c(=O)c2cc(-c3nc(C4CCCCC4)[nH]c3C)oc12. The van der Waals surface area contributed by atoms with E-state index in [1.807, 2.05) is 13.0 Å². The lowest BCUT2D eigenvalue weighted by Gasteiger charge is -2.21. The second kappa shape index (κ2) is 10.8. The van der Waals surface area contributed by atoms with Crippen LogP contribution in [-0.4, -0.2) is 19.6 Å². The molecule has 0 bridgehead atoms. The summed E-state index contributed by atoms with van der Waals surface area (Å²) in [6, 6.07) is 10.1. The summed E-state index contributed by atoms with van der Waals surface area (Å²) >= 11 is 0. The Morgan fingerprint density at radius 3 is 2.42 bits per heavy atom. The van der Waals surface area contributed by atoms with Gasteiger partial charge in [0.05, 0.1) is 11.0 Å². The number of aromatic amines is 1. The van der Waals surface area contributed by atoms with Gasteiger partial charge in [0.25, 0.3) is 5.56 Å². The first-order chi connectivity index (χ1) is 20.4. The van der Waals surface area contributed by atoms with Crippen molar-refractivity contribution in [2.45, 2.75) is 78.2 Å². The fourth-order valence-corrected chi connectivity index (χ4v) is 6.23. The number of imidazole rings is 1. The third-order valence-electron chi connectivity index (χ3n) is 8.59. The molecular formula is C35H38FN3O4. The quantitative estimate of drug-likeness (QED) is 0.210. The first kappa shape index (κ1) is 28.9. The highest BCUT2D eigenvalue weighted by Gasteiger charge is 2.26. The zero-order valence-corrected chi connectivity index (χ0v) is 25.6. The second-order valence-electron chi connectivity index (χ2n) is 12.5. The summed E-state index contributed by atoms with van der Waals surface area (Å²) in [4.78, 5) is 21.8. The zero-order chi connectivity index (χ0) is 30.6. The van der Waals surface area contributed by atoms with E-state index in [0.717, 1.165) is 24.4 Å². The number of fused-ring (bicyclic) bond motifs is 1. The molecule has 1 fully saturated rings. The Hall–Kier alpha value is -4.17. The van der Waals surface area contributed by atoms with Crippen LogP contribution in [0.2, 0.25) is 0 Å². The smallest absolute Gasteiger partial charge is 0.261 e. The molecule has 3 heterocycles. The molecule has 224 valence electrons. The minimum atomic E-state index is -1.13. The van der Waals surface area contributed by atoms with Gasteiger partial charge >= 0.3 is 0 Å². The summed E-state index contributed by atoms with van der Waals surface area (Å²) in [6.07, 6.45) is 7.63. The first-order valence-corrected chi connectivity index (χ1v) is 14.9. The fourth-order valence-electron chi connectivity index (χ4n) is 6.23. The van der Waals surface area contributed by atoms with Crippen molar-refractivity contribution in [1.29, 1.82) is 0 Å². The maximum Gasteiger partial charge on any atom is 0.261 e. The van der Waals surface area contributed by atoms with Gasteiger partial charge in [0.2, 0.25) is 0 Å². The Bertz CT molecular complexity index is 1880. The lowest BCUT2D eigenvalue weighted by atomic mass is 9.89. The van der Waals surface area contributed by atoms with E-state index in [9.17, 15) is 14.3 Å². The van der Waals surface area contributed by atoms with Crippen LogP contribution in [0.15, 0.2) is 51.8 Å². The number of nitrogens with zero attached hydrogens (tertiary/aromatic N) is 2. The topological polar surface area (TPSA) is 93.3 Å². The van der Waals surface area contributed by atoms with Crippen LogP contribution in [0.1, 0.15) is 80.1 Å². The molecule has 0 radical (unpaired) electrons. The van der Waals surface area contributed by atoms with E-state index in [1.54, 1.807) is 59.1 Å². The average Bonchev–Trinajstić information content (AvgIpc) is 3.57. The molecule has 7 nitrogen and oxygen atoms in total. The Balaban J connectivity index is 1.53. The minimum Gasteiger partial charge on any atom is -0.456 e. The summed E-state index contributed by atoms with van der Waals surface area (Å²) in [5.74, 6) is 2.59. The van der Waals surface area contributed by atoms with Crippen LogP contribution >= 0.6 is 0 Å². The van der Waals surface area contributed by atoms with E-state index >= 15 is 0 Å². The third-order valence-corrected chi connectivity index (χ3v) is 8.59. The predicted molar refractivity (Wildman–Crippen MR) is 166 cm³/mol. The van der Waals surface area contributed by atoms with E-state index in [1.165, 1.54) is 36.0 Å². The third kappa shape index (κ3) is 5.40. The summed E-state index contributed by atoms with van der Waals surface area (Å²) < 4.78 is 28.5. The van der Waals surface area contributed by atoms with Gasteiger partial charge in [-0.2, -0.15) is 0 Å². The Morgan fingerprint density at radius 1 is 1.05 bits per heavy atom. The number of hydrogen-bond donors (Lipinski definition) is 2. The van der Waals surface area contributed by atoms with Gasteiger partial charge in [-0.15, -0.1) is 0 Å². The minimum absolute atomic E-state index is 0.194. The molecule has 0 aliphatic heterocycles. The van der Waals surface area contributed by atoms with Crippen molar-refractivity contribution in [3.8, 4) is 34.1 Å². The predicted octanol–water partition coefficient (Wildman–Crippen LogP) is 8.32. The number of furan rings is 1. The average molecular weight is 584 g/mol. The number of hydrogen-bond acceptors (Lipinski definition) is 5. The van der Waals surface area contributed by atoms with Crippen LogP contribution in [0, 0.1) is 26.6 Å². The maximum absolute atomic E-state index is 14.1. The van der Waals surface area contributed by atoms with Crippen LogP contribution in [0.5, 0.6) is 11.5 Å². The van der Waals surface area contributed by atoms with E-state index < -0.39 is 5.60 Å². The van der Waals surface area contributed by atoms with Gasteiger partial charge in [-0.25, -0.2) is 9.37 Å². The van der Waals surface area contributed by atoms with Crippen molar-refractivity contribution in [1.82, 2.24) is 14.5 Å². The van der Waals surface area contributed by atoms with E-state index in [4.69, 9.17) is 14.1 Å². The lowest BCUT2D eigenvalue weighted by molar-refractivity contribution is 0.0786. The molecular weight excluding hydrogens is 545 g/mol. The van der Waals surface area contributed by atoms with Crippen LogP contribution in [0.4, 0.5) is 4.39 Å². The molecule has 2 N–H and O–H groups in total. The van der Waals surface area contributed by atoms with Crippen LogP contribution in [0.3, 0.4) is 0 Å². The number of nitrogens with one attached hydrogen (secondary N) is 1. The molecule has 43 heavy (non-hydrogen) atoms. The molecule has 1 aliphatic carbocycles. The molecule has 8 heteroatoms. The fraction of sp³-hybridized carbons (Fsp3) is 0.371. The first-order valence-electron chi connectivity index (χ1n) is 14.9. The number of aliphatic hydroxyl groups is 1. The van der Waals surface area contributed by atoms with E-state index in [-0.39, 0.29) is 11.4 Å². The van der Waals surface area contributed by atoms with Crippen LogP contribution in [0.25, 0.3) is 33.6 Å². The molecule has 0 spiro atoms. The Morgan fingerprint density at radius 2 is 1.74 bits per heavy atom. The van der Waals surface area contributed by atoms with Crippen molar-refractivity contribution in [2.75, 3.05) is 0 Å². The van der Waals surface area contributed by atoms with Gasteiger partial charge in [-0.3, -0.25) is 4.79 Å². The molecule has 2 aromatic carbocycles. The monoisotopic (exact) mass is 583 g/mol. The van der Waals surface area contributed by atoms with Crippen molar-refractivity contribution < 1.29 is 18.7 Å². The number of halogens is 1. The van der Waals surface area contributed by atoms with E-state index in [0.29, 0.717) is 67.7 Å². The van der Waals surface area contributed by atoms with Gasteiger partial charge < -0.3 is 23.8 Å². The summed E-state index contributed by atoms with van der Waals surface area (Å²) in [5, 5.41) is 11.3. The Kier molecular flexibility index (Phi) is 7.29. The number of rotatable bonds is 6. The molecule has 0 saturated heterocycles. The molecule has 1 aliphatic rings. The molecule has 3 aromatic heterocycles. The molecule has 6 rings (SSSR count). The number of pyridine rings is 1. The number of ether oxygens (including phenoxy) is 1. The summed E-state index contributed by atoms with van der Waals surface area (Å²) in [6.45, 7) is 9.01. The van der Waals surface area contributed by atoms with Gasteiger partial charge in [-0.05, 0) is 94.5 Å². The van der Waals surface area contributed by atoms with Gasteiger partial charge in [0, 0.05) is 36.0 Å². The standard InChI is InChI=1S/C35H38FN3O4/c1-19-14-24(36)15-20(2)31(19)42-28-13-12-23(35(4,5)41)16-25(28)27-18-39(6)34(40)26-17-29(43-32(26)27)30-21(3)37-33(38-30)22-10-8-7-9-11-22/h12-18,22,41H,7-11H2,1-6H3,(H,37,38). The largest absolute Gasteiger partial charge is 0.456 e. The molecule has 0 unspecified atom stereocenters. The number of aromatic nitrogens is 3. The lowest BCUT2D eigenvalue weighted by Crippen LogP contribution is -2.17. The highest BCUT2D eigenvalue weighted by molar-refractivity contribution is 5.95. The number of H-pyrrole nitrogens is 1. The Labute approximate surface area is 250 Å². The van der Waals surface area contributed by atoms with Crippen molar-refractivity contribution in [3.63, 3.8) is 0 Å². The van der Waals surface area contributed by atoms with Crippen molar-refractivity contribution in [2.24, 2.45) is 7.05 Å². The summed E-state index contributed by atoms with van der Waals surface area (Å²) in [5.41, 5.74) is 3.91. The van der Waals surface area contributed by atoms with Gasteiger partial charge in [0.1, 0.15) is 34.4 Å². The highest BCUT2D eigenvalue weighted by atomic mass is 19.1. The molecule has 5 aromatic rings. The molecule has 0 atom stereocenters. The van der Waals surface area contributed by atoms with Crippen molar-refractivity contribution in [3.05, 3.63) is 87.0 Å². The normalized spacial score (nSPS) is 14.5. The van der Waals surface area contributed by atoms with Gasteiger partial charge in [-0.1, -0.05) is 25.3 Å². The van der Waals surface area contributed by atoms with E-state index in [2.05, 4.69) is 4.98 Å². The zero-order valence-electron chi connectivity index (χ0n) is 25.6. The molecule has 1 saturated carbocycles. The number of benzene rings is 2.